The van der Waals surface area contributed by atoms with Gasteiger partial charge in [0.05, 0.1) is 12.6 Å². The van der Waals surface area contributed by atoms with Crippen LogP contribution in [0.5, 0.6) is 0 Å². The molecule has 0 aromatic carbocycles. The van der Waals surface area contributed by atoms with Crippen LogP contribution in [0.3, 0.4) is 0 Å². The molecule has 1 aliphatic heterocycles. The zero-order chi connectivity index (χ0) is 12.6. The maximum Gasteiger partial charge on any atom is 0.410 e. The molecule has 2 rings (SSSR count). The van der Waals surface area contributed by atoms with Gasteiger partial charge in [0.2, 0.25) is 0 Å². The molecule has 1 aliphatic carbocycles. The quantitative estimate of drug-likeness (QED) is 0.727. The third-order valence-corrected chi connectivity index (χ3v) is 3.32. The van der Waals surface area contributed by atoms with Crippen LogP contribution in [-0.4, -0.2) is 53.5 Å². The highest BCUT2D eigenvalue weighted by Gasteiger charge is 2.72. The lowest BCUT2D eigenvalue weighted by Crippen LogP contribution is -2.44. The summed E-state index contributed by atoms with van der Waals surface area (Å²) < 4.78 is 10.4. The predicted octanol–water partition coefficient (Wildman–Crippen LogP) is 0.483. The summed E-state index contributed by atoms with van der Waals surface area (Å²) in [5.74, 6) is -1.61. The number of amides is 1. The number of nitrogens with zero attached hydrogens (tertiary/aromatic N) is 1. The Labute approximate surface area is 98.8 Å². The van der Waals surface area contributed by atoms with E-state index in [4.69, 9.17) is 14.6 Å². The first kappa shape index (κ1) is 11.9. The van der Waals surface area contributed by atoms with E-state index in [1.54, 1.807) is 6.92 Å². The number of rotatable bonds is 3. The lowest BCUT2D eigenvalue weighted by molar-refractivity contribution is -0.140. The fourth-order valence-corrected chi connectivity index (χ4v) is 2.43. The van der Waals surface area contributed by atoms with E-state index in [0.29, 0.717) is 13.2 Å². The number of carbonyl (C=O) groups excluding carboxylic acids is 1. The number of hydrogen-bond acceptors (Lipinski definition) is 4. The van der Waals surface area contributed by atoms with E-state index in [0.717, 1.165) is 0 Å². The SMILES string of the molecule is C=CCOC(=O)N1CCOC2(C)C(C(=O)O)C12. The largest absolute Gasteiger partial charge is 0.481 e. The molecule has 0 radical (unpaired) electrons. The first-order valence-electron chi connectivity index (χ1n) is 5.43. The summed E-state index contributed by atoms with van der Waals surface area (Å²) in [4.78, 5) is 24.2. The molecule has 2 aliphatic rings. The molecule has 17 heavy (non-hydrogen) atoms. The number of carboxylic acids is 1. The van der Waals surface area contributed by atoms with Gasteiger partial charge in [-0.3, -0.25) is 9.69 Å². The summed E-state index contributed by atoms with van der Waals surface area (Å²) in [5.41, 5.74) is -0.767. The Hall–Kier alpha value is -1.56. The van der Waals surface area contributed by atoms with Crippen LogP contribution < -0.4 is 0 Å². The van der Waals surface area contributed by atoms with Crippen molar-refractivity contribution in [3.8, 4) is 0 Å². The van der Waals surface area contributed by atoms with Crippen molar-refractivity contribution < 1.29 is 24.2 Å². The molecular weight excluding hydrogens is 226 g/mol. The Morgan fingerprint density at radius 2 is 2.41 bits per heavy atom. The summed E-state index contributed by atoms with van der Waals surface area (Å²) in [5, 5.41) is 9.05. The Bertz CT molecular complexity index is 369. The molecule has 0 spiro atoms. The highest BCUT2D eigenvalue weighted by atomic mass is 16.6. The van der Waals surface area contributed by atoms with Gasteiger partial charge in [-0.25, -0.2) is 4.79 Å². The van der Waals surface area contributed by atoms with E-state index < -0.39 is 29.6 Å². The Morgan fingerprint density at radius 1 is 1.71 bits per heavy atom. The van der Waals surface area contributed by atoms with E-state index in [-0.39, 0.29) is 6.61 Å². The average Bonchev–Trinajstić information content (AvgIpc) is 2.91. The van der Waals surface area contributed by atoms with Crippen LogP contribution in [-0.2, 0) is 14.3 Å². The molecule has 0 bridgehead atoms. The van der Waals surface area contributed by atoms with E-state index in [1.165, 1.54) is 11.0 Å². The molecule has 0 aromatic rings. The fraction of sp³-hybridized carbons (Fsp3) is 0.636. The summed E-state index contributed by atoms with van der Waals surface area (Å²) >= 11 is 0. The lowest BCUT2D eigenvalue weighted by Gasteiger charge is -2.29. The van der Waals surface area contributed by atoms with Gasteiger partial charge in [-0.1, -0.05) is 12.7 Å². The van der Waals surface area contributed by atoms with E-state index in [2.05, 4.69) is 6.58 Å². The van der Waals surface area contributed by atoms with Crippen molar-refractivity contribution in [2.24, 2.45) is 5.92 Å². The Morgan fingerprint density at radius 3 is 3.00 bits per heavy atom. The summed E-state index contributed by atoms with van der Waals surface area (Å²) in [7, 11) is 0. The van der Waals surface area contributed by atoms with Crippen LogP contribution in [0.15, 0.2) is 12.7 Å². The van der Waals surface area contributed by atoms with Crippen molar-refractivity contribution in [2.45, 2.75) is 18.6 Å². The summed E-state index contributed by atoms with van der Waals surface area (Å²) in [6.07, 6.45) is 0.965. The first-order chi connectivity index (χ1) is 8.02. The van der Waals surface area contributed by atoms with Crippen LogP contribution >= 0.6 is 0 Å². The predicted molar refractivity (Wildman–Crippen MR) is 57.5 cm³/mol. The maximum atomic E-state index is 11.7. The van der Waals surface area contributed by atoms with Gasteiger partial charge < -0.3 is 14.6 Å². The Kier molecular flexibility index (Phi) is 2.82. The van der Waals surface area contributed by atoms with Crippen molar-refractivity contribution >= 4 is 12.1 Å². The van der Waals surface area contributed by atoms with Crippen molar-refractivity contribution in [1.29, 1.82) is 0 Å². The molecule has 1 N–H and O–H groups in total. The van der Waals surface area contributed by atoms with Gasteiger partial charge in [0, 0.05) is 6.54 Å². The summed E-state index contributed by atoms with van der Waals surface area (Å²) in [6, 6.07) is -0.425. The normalized spacial score (nSPS) is 34.8. The van der Waals surface area contributed by atoms with Crippen LogP contribution in [0.4, 0.5) is 4.79 Å². The van der Waals surface area contributed by atoms with Gasteiger partial charge in [0.25, 0.3) is 0 Å². The van der Waals surface area contributed by atoms with Crippen molar-refractivity contribution in [2.75, 3.05) is 19.8 Å². The number of morpholine rings is 1. The maximum absolute atomic E-state index is 11.7. The van der Waals surface area contributed by atoms with E-state index in [9.17, 15) is 9.59 Å². The Balaban J connectivity index is 2.07. The minimum absolute atomic E-state index is 0.122. The number of hydrogen-bond donors (Lipinski definition) is 1. The number of fused-ring (bicyclic) bond motifs is 1. The zero-order valence-corrected chi connectivity index (χ0v) is 9.59. The van der Waals surface area contributed by atoms with Crippen molar-refractivity contribution in [1.82, 2.24) is 4.90 Å². The molecule has 6 nitrogen and oxygen atoms in total. The molecule has 0 aromatic heterocycles. The van der Waals surface area contributed by atoms with Gasteiger partial charge in [0.15, 0.2) is 0 Å². The third kappa shape index (κ3) is 1.78. The van der Waals surface area contributed by atoms with Gasteiger partial charge in [-0.15, -0.1) is 0 Å². The second kappa shape index (κ2) is 4.03. The minimum atomic E-state index is -0.944. The molecule has 6 heteroatoms. The highest BCUT2D eigenvalue weighted by molar-refractivity contribution is 5.81. The van der Waals surface area contributed by atoms with Gasteiger partial charge in [-0.05, 0) is 6.92 Å². The highest BCUT2D eigenvalue weighted by Crippen LogP contribution is 2.52. The van der Waals surface area contributed by atoms with Gasteiger partial charge >= 0.3 is 12.1 Å². The van der Waals surface area contributed by atoms with E-state index in [1.807, 2.05) is 0 Å². The number of carboxylic acid groups (broad SMARTS) is 1. The molecule has 1 amide bonds. The van der Waals surface area contributed by atoms with Gasteiger partial charge in [-0.2, -0.15) is 0 Å². The summed E-state index contributed by atoms with van der Waals surface area (Å²) in [6.45, 7) is 5.98. The second-order valence-corrected chi connectivity index (χ2v) is 4.35. The fourth-order valence-electron chi connectivity index (χ4n) is 2.43. The van der Waals surface area contributed by atoms with Crippen molar-refractivity contribution in [3.63, 3.8) is 0 Å². The van der Waals surface area contributed by atoms with Crippen LogP contribution in [0, 0.1) is 5.92 Å². The van der Waals surface area contributed by atoms with Crippen LogP contribution in [0.1, 0.15) is 6.92 Å². The van der Waals surface area contributed by atoms with E-state index >= 15 is 0 Å². The average molecular weight is 241 g/mol. The molecule has 3 atom stereocenters. The molecule has 1 saturated carbocycles. The molecule has 1 heterocycles. The molecule has 2 fully saturated rings. The standard InChI is InChI=1S/C11H15NO5/c1-3-5-16-10(15)12-4-6-17-11(2)7(8(11)12)9(13)14/h3,7-8H,1,4-6H2,2H3,(H,13,14). The lowest BCUT2D eigenvalue weighted by atomic mass is 10.3. The molecule has 1 saturated heterocycles. The van der Waals surface area contributed by atoms with Crippen LogP contribution in [0.2, 0.25) is 0 Å². The minimum Gasteiger partial charge on any atom is -0.481 e. The monoisotopic (exact) mass is 241 g/mol. The number of carbonyl (C=O) groups is 2. The molecular formula is C11H15NO5. The first-order valence-corrected chi connectivity index (χ1v) is 5.43. The zero-order valence-electron chi connectivity index (χ0n) is 9.59. The van der Waals surface area contributed by atoms with Gasteiger partial charge in [0.1, 0.15) is 18.1 Å². The topological polar surface area (TPSA) is 76.1 Å². The molecule has 3 unspecified atom stereocenters. The van der Waals surface area contributed by atoms with Crippen molar-refractivity contribution in [3.05, 3.63) is 12.7 Å². The number of aliphatic carboxylic acids is 1. The number of ether oxygens (including phenoxy) is 2. The second-order valence-electron chi connectivity index (χ2n) is 4.35. The van der Waals surface area contributed by atoms with Crippen LogP contribution in [0.25, 0.3) is 0 Å². The third-order valence-electron chi connectivity index (χ3n) is 3.32. The smallest absolute Gasteiger partial charge is 0.410 e. The molecule has 94 valence electrons.